The highest BCUT2D eigenvalue weighted by Gasteiger charge is 2.11. The predicted molar refractivity (Wildman–Crippen MR) is 82.3 cm³/mol. The smallest absolute Gasteiger partial charge is 0.238 e. The Morgan fingerprint density at radius 1 is 1.05 bits per heavy atom. The Bertz CT molecular complexity index is 566. The first-order chi connectivity index (χ1) is 9.70. The van der Waals surface area contributed by atoms with Gasteiger partial charge in [-0.25, -0.2) is 10.4 Å². The number of nitrogens with one attached hydrogen (secondary N) is 1. The Labute approximate surface area is 120 Å². The Balaban J connectivity index is 2.12. The standard InChI is InChI=1S/C17H20N2O/c1-3-15-10-7-11-17(12-15)19(14(2)20)18-13-16-8-5-4-6-9-16/h4-12,18H,3,13H2,1-2H3. The van der Waals surface area contributed by atoms with E-state index in [-0.39, 0.29) is 5.91 Å². The third-order valence-corrected chi connectivity index (χ3v) is 3.18. The van der Waals surface area contributed by atoms with Crippen LogP contribution in [0.25, 0.3) is 0 Å². The van der Waals surface area contributed by atoms with E-state index in [2.05, 4.69) is 18.4 Å². The average molecular weight is 268 g/mol. The second-order valence-electron chi connectivity index (χ2n) is 4.70. The zero-order valence-corrected chi connectivity index (χ0v) is 12.0. The van der Waals surface area contributed by atoms with Crippen LogP contribution in [0, 0.1) is 0 Å². The molecule has 1 N–H and O–H groups in total. The van der Waals surface area contributed by atoms with Gasteiger partial charge in [-0.15, -0.1) is 0 Å². The fraction of sp³-hybridized carbons (Fsp3) is 0.235. The summed E-state index contributed by atoms with van der Waals surface area (Å²) in [6, 6.07) is 18.1. The SMILES string of the molecule is CCc1cccc(N(NCc2ccccc2)C(C)=O)c1. The molecule has 0 radical (unpaired) electrons. The van der Waals surface area contributed by atoms with Gasteiger partial charge in [0.15, 0.2) is 0 Å². The number of anilines is 1. The summed E-state index contributed by atoms with van der Waals surface area (Å²) < 4.78 is 0. The Morgan fingerprint density at radius 3 is 2.40 bits per heavy atom. The number of benzene rings is 2. The van der Waals surface area contributed by atoms with Gasteiger partial charge in [-0.2, -0.15) is 0 Å². The van der Waals surface area contributed by atoms with E-state index in [9.17, 15) is 4.79 Å². The molecule has 1 amide bonds. The Morgan fingerprint density at radius 2 is 1.75 bits per heavy atom. The van der Waals surface area contributed by atoms with Gasteiger partial charge in [0.25, 0.3) is 0 Å². The number of hydrogen-bond acceptors (Lipinski definition) is 2. The third kappa shape index (κ3) is 3.68. The lowest BCUT2D eigenvalue weighted by molar-refractivity contribution is -0.117. The lowest BCUT2D eigenvalue weighted by Crippen LogP contribution is -2.41. The first-order valence-corrected chi connectivity index (χ1v) is 6.87. The van der Waals surface area contributed by atoms with Crippen molar-refractivity contribution < 1.29 is 4.79 Å². The van der Waals surface area contributed by atoms with Crippen molar-refractivity contribution in [3.63, 3.8) is 0 Å². The second-order valence-corrected chi connectivity index (χ2v) is 4.70. The molecule has 104 valence electrons. The van der Waals surface area contributed by atoms with Crippen LogP contribution in [0.4, 0.5) is 5.69 Å². The average Bonchev–Trinajstić information content (AvgIpc) is 2.48. The summed E-state index contributed by atoms with van der Waals surface area (Å²) in [7, 11) is 0. The quantitative estimate of drug-likeness (QED) is 0.844. The minimum Gasteiger partial charge on any atom is -0.273 e. The van der Waals surface area contributed by atoms with E-state index in [1.165, 1.54) is 5.56 Å². The molecule has 0 aliphatic rings. The molecule has 2 rings (SSSR count). The van der Waals surface area contributed by atoms with E-state index in [1.54, 1.807) is 11.9 Å². The fourth-order valence-electron chi connectivity index (χ4n) is 2.07. The summed E-state index contributed by atoms with van der Waals surface area (Å²) in [5, 5.41) is 1.60. The number of nitrogens with zero attached hydrogens (tertiary/aromatic N) is 1. The Kier molecular flexibility index (Phi) is 4.91. The van der Waals surface area contributed by atoms with E-state index >= 15 is 0 Å². The number of rotatable bonds is 5. The van der Waals surface area contributed by atoms with Crippen molar-refractivity contribution in [3.05, 3.63) is 65.7 Å². The maximum absolute atomic E-state index is 11.8. The number of hydrazine groups is 1. The minimum atomic E-state index is -0.0193. The lowest BCUT2D eigenvalue weighted by atomic mass is 10.1. The monoisotopic (exact) mass is 268 g/mol. The highest BCUT2D eigenvalue weighted by molar-refractivity contribution is 5.90. The van der Waals surface area contributed by atoms with Crippen LogP contribution in [0.3, 0.4) is 0 Å². The van der Waals surface area contributed by atoms with Crippen LogP contribution < -0.4 is 10.4 Å². The van der Waals surface area contributed by atoms with Gasteiger partial charge >= 0.3 is 0 Å². The number of amides is 1. The molecule has 0 saturated carbocycles. The van der Waals surface area contributed by atoms with Crippen molar-refractivity contribution in [2.75, 3.05) is 5.01 Å². The fourth-order valence-corrected chi connectivity index (χ4v) is 2.07. The molecule has 3 heteroatoms. The summed E-state index contributed by atoms with van der Waals surface area (Å²) in [6.07, 6.45) is 0.957. The Hall–Kier alpha value is -2.13. The molecule has 0 heterocycles. The normalized spacial score (nSPS) is 10.3. The molecule has 0 aromatic heterocycles. The molecular formula is C17H20N2O. The van der Waals surface area contributed by atoms with Crippen molar-refractivity contribution in [2.24, 2.45) is 0 Å². The highest BCUT2D eigenvalue weighted by Crippen LogP contribution is 2.15. The molecule has 3 nitrogen and oxygen atoms in total. The molecular weight excluding hydrogens is 248 g/mol. The molecule has 0 bridgehead atoms. The number of hydrogen-bond donors (Lipinski definition) is 1. The highest BCUT2D eigenvalue weighted by atomic mass is 16.2. The third-order valence-electron chi connectivity index (χ3n) is 3.18. The van der Waals surface area contributed by atoms with E-state index < -0.39 is 0 Å². The molecule has 0 saturated heterocycles. The first kappa shape index (κ1) is 14.3. The zero-order chi connectivity index (χ0) is 14.4. The van der Waals surface area contributed by atoms with Crippen molar-refractivity contribution in [2.45, 2.75) is 26.8 Å². The van der Waals surface area contributed by atoms with Crippen molar-refractivity contribution in [1.29, 1.82) is 0 Å². The van der Waals surface area contributed by atoms with Crippen LogP contribution in [-0.2, 0) is 17.8 Å². The van der Waals surface area contributed by atoms with Crippen LogP contribution >= 0.6 is 0 Å². The van der Waals surface area contributed by atoms with E-state index in [1.807, 2.05) is 48.5 Å². The number of carbonyl (C=O) groups excluding carboxylic acids is 1. The van der Waals surface area contributed by atoms with E-state index in [0.717, 1.165) is 17.7 Å². The predicted octanol–water partition coefficient (Wildman–Crippen LogP) is 3.31. The molecule has 20 heavy (non-hydrogen) atoms. The summed E-state index contributed by atoms with van der Waals surface area (Å²) in [4.78, 5) is 11.8. The van der Waals surface area contributed by atoms with Crippen molar-refractivity contribution in [3.8, 4) is 0 Å². The molecule has 0 fully saturated rings. The van der Waals surface area contributed by atoms with Gasteiger partial charge in [-0.3, -0.25) is 4.79 Å². The van der Waals surface area contributed by atoms with Gasteiger partial charge in [-0.05, 0) is 29.7 Å². The molecule has 2 aromatic rings. The molecule has 0 aliphatic carbocycles. The lowest BCUT2D eigenvalue weighted by Gasteiger charge is -2.22. The van der Waals surface area contributed by atoms with Crippen molar-refractivity contribution in [1.82, 2.24) is 5.43 Å². The minimum absolute atomic E-state index is 0.0193. The summed E-state index contributed by atoms with van der Waals surface area (Å²) in [6.45, 7) is 4.29. The van der Waals surface area contributed by atoms with Crippen LogP contribution in [0.5, 0.6) is 0 Å². The first-order valence-electron chi connectivity index (χ1n) is 6.87. The maximum Gasteiger partial charge on any atom is 0.238 e. The topological polar surface area (TPSA) is 32.3 Å². The molecule has 2 aromatic carbocycles. The van der Waals surface area contributed by atoms with E-state index in [0.29, 0.717) is 6.54 Å². The summed E-state index contributed by atoms with van der Waals surface area (Å²) >= 11 is 0. The van der Waals surface area contributed by atoms with Gasteiger partial charge in [-0.1, -0.05) is 49.4 Å². The number of aryl methyl sites for hydroxylation is 1. The van der Waals surface area contributed by atoms with Gasteiger partial charge in [0, 0.05) is 13.5 Å². The van der Waals surface area contributed by atoms with Crippen LogP contribution in [0.15, 0.2) is 54.6 Å². The molecule has 0 spiro atoms. The van der Waals surface area contributed by atoms with Gasteiger partial charge in [0.05, 0.1) is 5.69 Å². The van der Waals surface area contributed by atoms with Crippen LogP contribution in [0.2, 0.25) is 0 Å². The summed E-state index contributed by atoms with van der Waals surface area (Å²) in [5.41, 5.74) is 6.43. The maximum atomic E-state index is 11.8. The molecule has 0 atom stereocenters. The number of carbonyl (C=O) groups is 1. The van der Waals surface area contributed by atoms with Crippen LogP contribution in [-0.4, -0.2) is 5.91 Å². The van der Waals surface area contributed by atoms with E-state index in [4.69, 9.17) is 0 Å². The van der Waals surface area contributed by atoms with Gasteiger partial charge in [0.2, 0.25) is 5.91 Å². The van der Waals surface area contributed by atoms with Crippen molar-refractivity contribution >= 4 is 11.6 Å². The molecule has 0 unspecified atom stereocenters. The second kappa shape index (κ2) is 6.87. The van der Waals surface area contributed by atoms with Gasteiger partial charge in [0.1, 0.15) is 0 Å². The van der Waals surface area contributed by atoms with Crippen LogP contribution in [0.1, 0.15) is 25.0 Å². The van der Waals surface area contributed by atoms with Gasteiger partial charge < -0.3 is 0 Å². The zero-order valence-electron chi connectivity index (χ0n) is 12.0. The summed E-state index contributed by atoms with van der Waals surface area (Å²) in [5.74, 6) is -0.0193. The molecule has 0 aliphatic heterocycles. The largest absolute Gasteiger partial charge is 0.273 e.